The van der Waals surface area contributed by atoms with Crippen molar-refractivity contribution in [3.8, 4) is 0 Å². The molecule has 0 radical (unpaired) electrons. The van der Waals surface area contributed by atoms with E-state index in [0.717, 1.165) is 0 Å². The molecule has 0 aliphatic carbocycles. The first-order valence-electron chi connectivity index (χ1n) is 5.20. The van der Waals surface area contributed by atoms with Crippen LogP contribution in [0.3, 0.4) is 0 Å². The van der Waals surface area contributed by atoms with E-state index in [-0.39, 0.29) is 30.2 Å². The van der Waals surface area contributed by atoms with Crippen LogP contribution in [0.2, 0.25) is 0 Å². The molecule has 8 nitrogen and oxygen atoms in total. The molecule has 0 atom stereocenters. The van der Waals surface area contributed by atoms with Crippen LogP contribution in [0.4, 0.5) is 0 Å². The predicted octanol–water partition coefficient (Wildman–Crippen LogP) is -0.0719. The van der Waals surface area contributed by atoms with Gasteiger partial charge in [0.25, 0.3) is 5.78 Å². The van der Waals surface area contributed by atoms with Crippen LogP contribution < -0.4 is 0 Å². The van der Waals surface area contributed by atoms with Crippen LogP contribution in [0, 0.1) is 0 Å². The van der Waals surface area contributed by atoms with Crippen molar-refractivity contribution in [2.45, 2.75) is 13.3 Å². The molecular formula is C10H10N4O4. The number of rotatable bonds is 4. The lowest BCUT2D eigenvalue weighted by Crippen LogP contribution is -2.07. The van der Waals surface area contributed by atoms with E-state index in [1.807, 2.05) is 0 Å². The second-order valence-electron chi connectivity index (χ2n) is 3.41. The maximum Gasteiger partial charge on any atom is 0.341 e. The summed E-state index contributed by atoms with van der Waals surface area (Å²) in [6.07, 6.45) is 2.42. The molecule has 0 unspecified atom stereocenters. The van der Waals surface area contributed by atoms with Gasteiger partial charge in [-0.3, -0.25) is 4.79 Å². The lowest BCUT2D eigenvalue weighted by molar-refractivity contribution is -0.136. The van der Waals surface area contributed by atoms with Crippen molar-refractivity contribution >= 4 is 17.7 Å². The summed E-state index contributed by atoms with van der Waals surface area (Å²) in [6.45, 7) is 1.96. The molecular weight excluding hydrogens is 240 g/mol. The molecule has 0 amide bonds. The molecule has 0 bridgehead atoms. The Balaban J connectivity index is 2.33. The molecule has 2 rings (SSSR count). The van der Waals surface area contributed by atoms with Gasteiger partial charge in [0.05, 0.1) is 12.2 Å². The summed E-state index contributed by atoms with van der Waals surface area (Å²) >= 11 is 0. The Bertz CT molecular complexity index is 607. The van der Waals surface area contributed by atoms with E-state index in [1.165, 1.54) is 16.9 Å². The summed E-state index contributed by atoms with van der Waals surface area (Å²) in [4.78, 5) is 29.8. The largest absolute Gasteiger partial charge is 0.481 e. The molecule has 0 fully saturated rings. The maximum absolute atomic E-state index is 11.5. The molecule has 0 aromatic carbocycles. The molecule has 0 saturated heterocycles. The molecule has 0 aliphatic heterocycles. The summed E-state index contributed by atoms with van der Waals surface area (Å²) < 4.78 is 6.07. The molecule has 1 N–H and O–H groups in total. The number of aromatic nitrogens is 4. The summed E-state index contributed by atoms with van der Waals surface area (Å²) in [5.74, 6) is -1.17. The first-order valence-corrected chi connectivity index (χ1v) is 5.20. The van der Waals surface area contributed by atoms with Gasteiger partial charge in [-0.05, 0) is 6.92 Å². The first-order chi connectivity index (χ1) is 8.60. The number of aliphatic carboxylic acids is 1. The Kier molecular flexibility index (Phi) is 3.18. The third-order valence-corrected chi connectivity index (χ3v) is 2.06. The van der Waals surface area contributed by atoms with Crippen LogP contribution in [0.1, 0.15) is 23.1 Å². The van der Waals surface area contributed by atoms with Gasteiger partial charge >= 0.3 is 11.9 Å². The number of hydrogen-bond donors (Lipinski definition) is 1. The van der Waals surface area contributed by atoms with E-state index in [2.05, 4.69) is 15.1 Å². The molecule has 2 heterocycles. The van der Waals surface area contributed by atoms with Gasteiger partial charge in [0.15, 0.2) is 5.82 Å². The van der Waals surface area contributed by atoms with E-state index in [4.69, 9.17) is 9.84 Å². The van der Waals surface area contributed by atoms with Crippen LogP contribution in [-0.4, -0.2) is 43.2 Å². The Hall–Kier alpha value is -2.51. The minimum absolute atomic E-state index is 0.135. The Morgan fingerprint density at radius 3 is 2.94 bits per heavy atom. The normalized spacial score (nSPS) is 10.5. The van der Waals surface area contributed by atoms with Crippen LogP contribution >= 0.6 is 0 Å². The lowest BCUT2D eigenvalue weighted by Gasteiger charge is -2.00. The second-order valence-corrected chi connectivity index (χ2v) is 3.41. The number of ether oxygens (including phenoxy) is 1. The number of hydrogen-bond acceptors (Lipinski definition) is 6. The molecule has 0 aliphatic rings. The molecule has 0 spiro atoms. The molecule has 0 saturated carbocycles. The average Bonchev–Trinajstić information content (AvgIpc) is 2.69. The zero-order valence-corrected chi connectivity index (χ0v) is 9.53. The minimum Gasteiger partial charge on any atom is -0.481 e. The van der Waals surface area contributed by atoms with E-state index in [1.54, 1.807) is 6.92 Å². The Labute approximate surface area is 101 Å². The third kappa shape index (κ3) is 2.42. The van der Waals surface area contributed by atoms with E-state index < -0.39 is 11.9 Å². The number of fused-ring (bicyclic) bond motifs is 1. The number of carbonyl (C=O) groups excluding carboxylic acids is 1. The highest BCUT2D eigenvalue weighted by atomic mass is 16.5. The van der Waals surface area contributed by atoms with Gasteiger partial charge in [0.2, 0.25) is 0 Å². The topological polar surface area (TPSA) is 107 Å². The van der Waals surface area contributed by atoms with E-state index >= 15 is 0 Å². The highest BCUT2D eigenvalue weighted by Gasteiger charge is 2.12. The van der Waals surface area contributed by atoms with E-state index in [0.29, 0.717) is 0 Å². The highest BCUT2D eigenvalue weighted by molar-refractivity contribution is 5.88. The van der Waals surface area contributed by atoms with Crippen molar-refractivity contribution in [3.63, 3.8) is 0 Å². The fraction of sp³-hybridized carbons (Fsp3) is 0.300. The molecule has 2 aromatic rings. The van der Waals surface area contributed by atoms with Gasteiger partial charge in [-0.25, -0.2) is 14.3 Å². The molecule has 18 heavy (non-hydrogen) atoms. The van der Waals surface area contributed by atoms with Gasteiger partial charge in [-0.15, -0.1) is 5.10 Å². The molecule has 94 valence electrons. The molecule has 2 aromatic heterocycles. The van der Waals surface area contributed by atoms with Gasteiger partial charge in [0, 0.05) is 12.4 Å². The fourth-order valence-electron chi connectivity index (χ4n) is 1.36. The van der Waals surface area contributed by atoms with E-state index in [9.17, 15) is 9.59 Å². The summed E-state index contributed by atoms with van der Waals surface area (Å²) in [5, 5.41) is 12.5. The van der Waals surface area contributed by atoms with Crippen molar-refractivity contribution < 1.29 is 19.4 Å². The van der Waals surface area contributed by atoms with Crippen LogP contribution in [0.25, 0.3) is 5.78 Å². The third-order valence-electron chi connectivity index (χ3n) is 2.06. The maximum atomic E-state index is 11.5. The smallest absolute Gasteiger partial charge is 0.341 e. The standard InChI is InChI=1S/C10H10N4O4/c1-2-18-9(17)6-4-11-10-12-7(3-8(15)16)13-14(10)5-6/h4-5H,2-3H2,1H3,(H,15,16). The summed E-state index contributed by atoms with van der Waals surface area (Å²) in [6, 6.07) is 0. The lowest BCUT2D eigenvalue weighted by atomic mass is 10.3. The van der Waals surface area contributed by atoms with Crippen LogP contribution in [0.5, 0.6) is 0 Å². The number of carboxylic acid groups (broad SMARTS) is 1. The van der Waals surface area contributed by atoms with Gasteiger partial charge in [0.1, 0.15) is 6.42 Å². The Morgan fingerprint density at radius 2 is 2.28 bits per heavy atom. The van der Waals surface area contributed by atoms with Crippen LogP contribution in [0.15, 0.2) is 12.4 Å². The molecule has 8 heteroatoms. The average molecular weight is 250 g/mol. The van der Waals surface area contributed by atoms with Crippen molar-refractivity contribution in [1.29, 1.82) is 0 Å². The minimum atomic E-state index is -1.03. The first kappa shape index (κ1) is 12.0. The van der Waals surface area contributed by atoms with Crippen molar-refractivity contribution in [2.24, 2.45) is 0 Å². The SMILES string of the molecule is CCOC(=O)c1cnc2nc(CC(=O)O)nn2c1. The number of nitrogens with zero attached hydrogens (tertiary/aromatic N) is 4. The quantitative estimate of drug-likeness (QED) is 0.756. The summed E-state index contributed by atoms with van der Waals surface area (Å²) in [5.41, 5.74) is 0.233. The van der Waals surface area contributed by atoms with Crippen molar-refractivity contribution in [2.75, 3.05) is 6.61 Å². The summed E-state index contributed by atoms with van der Waals surface area (Å²) in [7, 11) is 0. The number of carbonyl (C=O) groups is 2. The van der Waals surface area contributed by atoms with Crippen molar-refractivity contribution in [3.05, 3.63) is 23.8 Å². The van der Waals surface area contributed by atoms with Crippen LogP contribution in [-0.2, 0) is 16.0 Å². The predicted molar refractivity (Wildman–Crippen MR) is 58.1 cm³/mol. The Morgan fingerprint density at radius 1 is 1.50 bits per heavy atom. The van der Waals surface area contributed by atoms with Gasteiger partial charge in [-0.1, -0.05) is 0 Å². The van der Waals surface area contributed by atoms with Crippen molar-refractivity contribution in [1.82, 2.24) is 19.6 Å². The zero-order chi connectivity index (χ0) is 13.1. The number of esters is 1. The fourth-order valence-corrected chi connectivity index (χ4v) is 1.36. The highest BCUT2D eigenvalue weighted by Crippen LogP contribution is 2.04. The zero-order valence-electron chi connectivity index (χ0n) is 9.53. The number of carboxylic acids is 1. The van der Waals surface area contributed by atoms with Gasteiger partial charge < -0.3 is 9.84 Å². The van der Waals surface area contributed by atoms with Gasteiger partial charge in [-0.2, -0.15) is 4.98 Å². The monoisotopic (exact) mass is 250 g/mol. The second kappa shape index (κ2) is 4.78.